The summed E-state index contributed by atoms with van der Waals surface area (Å²) in [7, 11) is 0. The average molecular weight is 147 g/mol. The summed E-state index contributed by atoms with van der Waals surface area (Å²) >= 11 is 0. The minimum absolute atomic E-state index is 0.0354. The fourth-order valence-electron chi connectivity index (χ4n) is 1.00. The quantitative estimate of drug-likeness (QED) is 0.572. The third-order valence-corrected chi connectivity index (χ3v) is 1.83. The van der Waals surface area contributed by atoms with Crippen molar-refractivity contribution >= 4 is 0 Å². The van der Waals surface area contributed by atoms with Crippen molar-refractivity contribution < 1.29 is 0 Å². The van der Waals surface area contributed by atoms with Gasteiger partial charge in [-0.1, -0.05) is 43.7 Å². The van der Waals surface area contributed by atoms with Gasteiger partial charge < -0.3 is 0 Å². The summed E-state index contributed by atoms with van der Waals surface area (Å²) in [4.78, 5) is 0. The van der Waals surface area contributed by atoms with Gasteiger partial charge in [-0.15, -0.1) is 0 Å². The van der Waals surface area contributed by atoms with Gasteiger partial charge in [0, 0.05) is 0 Å². The van der Waals surface area contributed by atoms with Crippen LogP contribution in [0, 0.1) is 13.8 Å². The first kappa shape index (κ1) is 8.32. The van der Waals surface area contributed by atoms with E-state index in [-0.39, 0.29) is 5.41 Å². The molecule has 0 bridgehead atoms. The second-order valence-electron chi connectivity index (χ2n) is 3.75. The molecule has 0 saturated carbocycles. The molecule has 0 unspecified atom stereocenters. The molecule has 0 aliphatic rings. The Bertz CT molecular complexity index is 223. The van der Waals surface area contributed by atoms with Gasteiger partial charge in [-0.3, -0.25) is 0 Å². The van der Waals surface area contributed by atoms with Crippen molar-refractivity contribution in [2.45, 2.75) is 26.2 Å². The lowest BCUT2D eigenvalue weighted by Gasteiger charge is -2.18. The van der Waals surface area contributed by atoms with Gasteiger partial charge >= 0.3 is 0 Å². The first-order valence-corrected chi connectivity index (χ1v) is 3.92. The Kier molecular flexibility index (Phi) is 2.03. The van der Waals surface area contributed by atoms with Crippen LogP contribution in [0.2, 0.25) is 0 Å². The van der Waals surface area contributed by atoms with E-state index >= 15 is 0 Å². The highest BCUT2D eigenvalue weighted by Gasteiger charge is 2.12. The second-order valence-corrected chi connectivity index (χ2v) is 3.75. The summed E-state index contributed by atoms with van der Waals surface area (Å²) in [5.41, 5.74) is 2.63. The summed E-state index contributed by atoms with van der Waals surface area (Å²) in [6.45, 7) is 10.4. The molecule has 1 aromatic carbocycles. The van der Waals surface area contributed by atoms with Gasteiger partial charge in [-0.05, 0) is 24.8 Å². The van der Waals surface area contributed by atoms with Gasteiger partial charge in [-0.25, -0.2) is 0 Å². The summed E-state index contributed by atoms with van der Waals surface area (Å²) < 4.78 is 0. The predicted octanol–water partition coefficient (Wildman–Crippen LogP) is 3.11. The van der Waals surface area contributed by atoms with E-state index in [9.17, 15) is 0 Å². The molecule has 0 N–H and O–H groups in total. The fraction of sp³-hybridized carbons (Fsp3) is 0.364. The van der Waals surface area contributed by atoms with E-state index in [1.54, 1.807) is 0 Å². The molecule has 11 heavy (non-hydrogen) atoms. The third kappa shape index (κ3) is 2.07. The van der Waals surface area contributed by atoms with Crippen LogP contribution in [-0.4, -0.2) is 0 Å². The van der Waals surface area contributed by atoms with E-state index in [1.165, 1.54) is 11.1 Å². The van der Waals surface area contributed by atoms with E-state index in [0.717, 1.165) is 0 Å². The average Bonchev–Trinajstić information content (AvgIpc) is 1.86. The maximum absolute atomic E-state index is 4.07. The van der Waals surface area contributed by atoms with E-state index in [1.807, 2.05) is 0 Å². The van der Waals surface area contributed by atoms with Crippen LogP contribution < -0.4 is 0 Å². The van der Waals surface area contributed by atoms with E-state index in [4.69, 9.17) is 0 Å². The molecule has 0 atom stereocenters. The first-order valence-electron chi connectivity index (χ1n) is 3.92. The zero-order valence-electron chi connectivity index (χ0n) is 7.52. The zero-order valence-corrected chi connectivity index (χ0v) is 7.52. The molecule has 0 spiro atoms. The lowest BCUT2D eigenvalue weighted by atomic mass is 9.87. The van der Waals surface area contributed by atoms with Crippen molar-refractivity contribution in [2.75, 3.05) is 0 Å². The van der Waals surface area contributed by atoms with Crippen molar-refractivity contribution in [2.24, 2.45) is 0 Å². The molecule has 0 nitrogen and oxygen atoms in total. The molecular formula is C11H15. The molecule has 0 saturated heterocycles. The SMILES string of the molecule is [CH2]C(C)(C)c1ccc(C)cc1. The largest absolute Gasteiger partial charge is 0.0590 e. The molecule has 0 heterocycles. The van der Waals surface area contributed by atoms with Crippen LogP contribution in [-0.2, 0) is 5.41 Å². The Balaban J connectivity index is 2.99. The van der Waals surface area contributed by atoms with Crippen molar-refractivity contribution in [3.8, 4) is 0 Å². The Hall–Kier alpha value is -0.780. The Labute approximate surface area is 69.3 Å². The van der Waals surface area contributed by atoms with Gasteiger partial charge in [0.15, 0.2) is 0 Å². The van der Waals surface area contributed by atoms with Crippen LogP contribution in [0.15, 0.2) is 24.3 Å². The normalized spacial score (nSPS) is 11.6. The van der Waals surface area contributed by atoms with Gasteiger partial charge in [0.25, 0.3) is 0 Å². The molecule has 1 rings (SSSR count). The molecule has 0 aromatic heterocycles. The minimum atomic E-state index is 0.0354. The van der Waals surface area contributed by atoms with Crippen molar-refractivity contribution in [1.82, 2.24) is 0 Å². The number of rotatable bonds is 1. The molecule has 59 valence electrons. The predicted molar refractivity (Wildman–Crippen MR) is 49.6 cm³/mol. The van der Waals surface area contributed by atoms with Crippen molar-refractivity contribution in [1.29, 1.82) is 0 Å². The van der Waals surface area contributed by atoms with Crippen LogP contribution in [0.1, 0.15) is 25.0 Å². The summed E-state index contributed by atoms with van der Waals surface area (Å²) in [5.74, 6) is 0. The van der Waals surface area contributed by atoms with E-state index in [0.29, 0.717) is 0 Å². The molecule has 0 amide bonds. The third-order valence-electron chi connectivity index (χ3n) is 1.83. The minimum Gasteiger partial charge on any atom is -0.0590 e. The maximum Gasteiger partial charge on any atom is -0.0103 e. The topological polar surface area (TPSA) is 0 Å². The number of hydrogen-bond donors (Lipinski definition) is 0. The monoisotopic (exact) mass is 147 g/mol. The number of benzene rings is 1. The van der Waals surface area contributed by atoms with Crippen molar-refractivity contribution in [3.63, 3.8) is 0 Å². The van der Waals surface area contributed by atoms with Crippen LogP contribution in [0.5, 0.6) is 0 Å². The van der Waals surface area contributed by atoms with Crippen molar-refractivity contribution in [3.05, 3.63) is 42.3 Å². The zero-order chi connectivity index (χ0) is 8.48. The molecular weight excluding hydrogens is 132 g/mol. The molecule has 1 aromatic rings. The van der Waals surface area contributed by atoms with E-state index < -0.39 is 0 Å². The number of hydrogen-bond acceptors (Lipinski definition) is 0. The van der Waals surface area contributed by atoms with Gasteiger partial charge in [0.1, 0.15) is 0 Å². The molecule has 0 heteroatoms. The second kappa shape index (κ2) is 2.69. The Morgan fingerprint density at radius 2 is 1.55 bits per heavy atom. The molecule has 0 aliphatic carbocycles. The fourth-order valence-corrected chi connectivity index (χ4v) is 1.00. The highest BCUT2D eigenvalue weighted by Crippen LogP contribution is 2.21. The highest BCUT2D eigenvalue weighted by atomic mass is 14.2. The van der Waals surface area contributed by atoms with Gasteiger partial charge in [0.2, 0.25) is 0 Å². The lowest BCUT2D eigenvalue weighted by molar-refractivity contribution is 0.665. The summed E-state index contributed by atoms with van der Waals surface area (Å²) in [6, 6.07) is 8.54. The number of aryl methyl sites for hydroxylation is 1. The maximum atomic E-state index is 4.07. The molecule has 1 radical (unpaired) electrons. The Morgan fingerprint density at radius 1 is 1.09 bits per heavy atom. The molecule has 0 aliphatic heterocycles. The smallest absolute Gasteiger partial charge is 0.0103 e. The van der Waals surface area contributed by atoms with Crippen LogP contribution in [0.4, 0.5) is 0 Å². The van der Waals surface area contributed by atoms with Crippen LogP contribution in [0.3, 0.4) is 0 Å². The molecule has 0 fully saturated rings. The van der Waals surface area contributed by atoms with Gasteiger partial charge in [0.05, 0.1) is 0 Å². The highest BCUT2D eigenvalue weighted by molar-refractivity contribution is 5.28. The van der Waals surface area contributed by atoms with Gasteiger partial charge in [-0.2, -0.15) is 0 Å². The van der Waals surface area contributed by atoms with Crippen LogP contribution in [0.25, 0.3) is 0 Å². The Morgan fingerprint density at radius 3 is 1.91 bits per heavy atom. The first-order chi connectivity index (χ1) is 5.00. The standard InChI is InChI=1S/C11H15/c1-9-5-7-10(8-6-9)11(2,3)4/h5-8H,2H2,1,3-4H3. The lowest BCUT2D eigenvalue weighted by Crippen LogP contribution is -2.10. The summed E-state index contributed by atoms with van der Waals surface area (Å²) in [6.07, 6.45) is 0. The van der Waals surface area contributed by atoms with Crippen LogP contribution >= 0.6 is 0 Å². The summed E-state index contributed by atoms with van der Waals surface area (Å²) in [5, 5.41) is 0. The van der Waals surface area contributed by atoms with E-state index in [2.05, 4.69) is 52.0 Å².